The first kappa shape index (κ1) is 15.9. The highest BCUT2D eigenvalue weighted by molar-refractivity contribution is 9.10. The zero-order chi connectivity index (χ0) is 17.2. The molecule has 2 aromatic heterocycles. The fourth-order valence-corrected chi connectivity index (χ4v) is 3.52. The quantitative estimate of drug-likeness (QED) is 0.458. The lowest BCUT2D eigenvalue weighted by Gasteiger charge is -2.21. The van der Waals surface area contributed by atoms with Crippen molar-refractivity contribution < 1.29 is 0 Å². The number of para-hydroxylation sites is 1. The van der Waals surface area contributed by atoms with Crippen LogP contribution in [0.25, 0.3) is 10.9 Å². The summed E-state index contributed by atoms with van der Waals surface area (Å²) in [5.74, 6) is 0. The first-order valence-corrected chi connectivity index (χ1v) is 9.01. The Bertz CT molecular complexity index is 991. The summed E-state index contributed by atoms with van der Waals surface area (Å²) >= 11 is 3.50. The number of H-pyrrole nitrogens is 1. The largest absolute Gasteiger partial charge is 0.374 e. The molecule has 0 radical (unpaired) electrons. The summed E-state index contributed by atoms with van der Waals surface area (Å²) in [4.78, 5) is 7.83. The molecule has 0 aliphatic carbocycles. The van der Waals surface area contributed by atoms with Gasteiger partial charge in [0, 0.05) is 44.7 Å². The van der Waals surface area contributed by atoms with Crippen molar-refractivity contribution in [3.05, 3.63) is 94.4 Å². The molecule has 1 atom stereocenters. The highest BCUT2D eigenvalue weighted by atomic mass is 79.9. The van der Waals surface area contributed by atoms with E-state index in [9.17, 15) is 0 Å². The zero-order valence-electron chi connectivity index (χ0n) is 13.8. The highest BCUT2D eigenvalue weighted by Gasteiger charge is 2.21. The van der Waals surface area contributed by atoms with E-state index in [1.165, 1.54) is 16.6 Å². The third kappa shape index (κ3) is 3.17. The van der Waals surface area contributed by atoms with Crippen molar-refractivity contribution in [2.45, 2.75) is 13.0 Å². The minimum atomic E-state index is 0.0195. The highest BCUT2D eigenvalue weighted by Crippen LogP contribution is 2.34. The number of aromatic amines is 1. The molecule has 0 spiro atoms. The summed E-state index contributed by atoms with van der Waals surface area (Å²) in [6.45, 7) is 2.13. The number of nitrogens with zero attached hydrogens (tertiary/aromatic N) is 1. The Hall–Kier alpha value is -2.59. The van der Waals surface area contributed by atoms with Crippen molar-refractivity contribution in [2.24, 2.45) is 0 Å². The second-order valence-electron chi connectivity index (χ2n) is 6.08. The van der Waals surface area contributed by atoms with Gasteiger partial charge in [0.1, 0.15) is 0 Å². The molecule has 2 N–H and O–H groups in total. The van der Waals surface area contributed by atoms with E-state index in [-0.39, 0.29) is 6.04 Å². The average Bonchev–Trinajstić information content (AvgIpc) is 2.98. The van der Waals surface area contributed by atoms with Crippen LogP contribution < -0.4 is 5.32 Å². The second-order valence-corrected chi connectivity index (χ2v) is 7.00. The molecule has 4 rings (SSSR count). The summed E-state index contributed by atoms with van der Waals surface area (Å²) in [7, 11) is 0. The van der Waals surface area contributed by atoms with E-state index in [1.807, 2.05) is 30.6 Å². The molecule has 4 heteroatoms. The van der Waals surface area contributed by atoms with E-state index < -0.39 is 0 Å². The monoisotopic (exact) mass is 391 g/mol. The van der Waals surface area contributed by atoms with Crippen molar-refractivity contribution in [3.8, 4) is 0 Å². The van der Waals surface area contributed by atoms with Crippen LogP contribution in [0.3, 0.4) is 0 Å². The molecule has 0 saturated heterocycles. The summed E-state index contributed by atoms with van der Waals surface area (Å²) in [5, 5.41) is 4.91. The van der Waals surface area contributed by atoms with E-state index in [2.05, 4.69) is 80.6 Å². The maximum Gasteiger partial charge on any atom is 0.0805 e. The number of aromatic nitrogens is 2. The van der Waals surface area contributed by atoms with Gasteiger partial charge in [-0.1, -0.05) is 40.2 Å². The predicted octanol–water partition coefficient (Wildman–Crippen LogP) is 5.84. The number of hydrogen-bond donors (Lipinski definition) is 2. The predicted molar refractivity (Wildman–Crippen MR) is 107 cm³/mol. The van der Waals surface area contributed by atoms with Gasteiger partial charge in [0.15, 0.2) is 0 Å². The standard InChI is InChI=1S/C21H18BrN3/c1-14-20(18-6-2-3-7-19(18)24-14)21(15-5-4-12-23-13-15)25-17-10-8-16(22)9-11-17/h2-13,21,24-25H,1H3/t21-/m1/s1. The summed E-state index contributed by atoms with van der Waals surface area (Å²) < 4.78 is 1.07. The summed E-state index contributed by atoms with van der Waals surface area (Å²) in [6, 6.07) is 20.8. The number of benzene rings is 2. The third-order valence-electron chi connectivity index (χ3n) is 4.41. The van der Waals surface area contributed by atoms with Gasteiger partial charge in [-0.05, 0) is 48.9 Å². The van der Waals surface area contributed by atoms with Crippen LogP contribution in [-0.4, -0.2) is 9.97 Å². The molecule has 124 valence electrons. The lowest BCUT2D eigenvalue weighted by molar-refractivity contribution is 0.922. The van der Waals surface area contributed by atoms with Crippen LogP contribution in [0.2, 0.25) is 0 Å². The van der Waals surface area contributed by atoms with Gasteiger partial charge in [0.25, 0.3) is 0 Å². The third-order valence-corrected chi connectivity index (χ3v) is 4.93. The molecule has 0 amide bonds. The maximum absolute atomic E-state index is 4.32. The van der Waals surface area contributed by atoms with Crippen LogP contribution in [0.1, 0.15) is 22.9 Å². The van der Waals surface area contributed by atoms with E-state index in [0.717, 1.165) is 21.2 Å². The maximum atomic E-state index is 4.32. The van der Waals surface area contributed by atoms with Gasteiger partial charge in [0.05, 0.1) is 6.04 Å². The molecule has 4 aromatic rings. The van der Waals surface area contributed by atoms with Crippen LogP contribution in [0, 0.1) is 6.92 Å². The van der Waals surface area contributed by atoms with Crippen LogP contribution >= 0.6 is 15.9 Å². The molecular weight excluding hydrogens is 374 g/mol. The topological polar surface area (TPSA) is 40.7 Å². The molecule has 0 bridgehead atoms. The zero-order valence-corrected chi connectivity index (χ0v) is 15.4. The molecule has 2 aromatic carbocycles. The Balaban J connectivity index is 1.85. The molecule has 3 nitrogen and oxygen atoms in total. The Morgan fingerprint density at radius 3 is 2.56 bits per heavy atom. The fourth-order valence-electron chi connectivity index (χ4n) is 3.25. The Kier molecular flexibility index (Phi) is 4.28. The number of aryl methyl sites for hydroxylation is 1. The first-order valence-electron chi connectivity index (χ1n) is 8.21. The van der Waals surface area contributed by atoms with Crippen molar-refractivity contribution in [3.63, 3.8) is 0 Å². The second kappa shape index (κ2) is 6.73. The van der Waals surface area contributed by atoms with Gasteiger partial charge in [-0.2, -0.15) is 0 Å². The number of nitrogens with one attached hydrogen (secondary N) is 2. The first-order chi connectivity index (χ1) is 12.2. The van der Waals surface area contributed by atoms with Crippen molar-refractivity contribution >= 4 is 32.5 Å². The lowest BCUT2D eigenvalue weighted by Crippen LogP contribution is -2.13. The molecule has 0 fully saturated rings. The number of halogens is 1. The van der Waals surface area contributed by atoms with Crippen LogP contribution in [0.4, 0.5) is 5.69 Å². The SMILES string of the molecule is Cc1[nH]c2ccccc2c1[C@H](Nc1ccc(Br)cc1)c1cccnc1. The number of fused-ring (bicyclic) bond motifs is 1. The van der Waals surface area contributed by atoms with Crippen LogP contribution in [0.15, 0.2) is 77.5 Å². The normalized spacial score (nSPS) is 12.2. The van der Waals surface area contributed by atoms with Gasteiger partial charge in [-0.15, -0.1) is 0 Å². The lowest BCUT2D eigenvalue weighted by atomic mass is 9.97. The molecule has 0 saturated carbocycles. The molecule has 0 unspecified atom stereocenters. The van der Waals surface area contributed by atoms with E-state index in [4.69, 9.17) is 0 Å². The Morgan fingerprint density at radius 1 is 1.00 bits per heavy atom. The molecule has 0 aliphatic heterocycles. The van der Waals surface area contributed by atoms with Crippen molar-refractivity contribution in [2.75, 3.05) is 5.32 Å². The fraction of sp³-hybridized carbons (Fsp3) is 0.0952. The van der Waals surface area contributed by atoms with Crippen molar-refractivity contribution in [1.82, 2.24) is 9.97 Å². The van der Waals surface area contributed by atoms with Crippen LogP contribution in [0.5, 0.6) is 0 Å². The van der Waals surface area contributed by atoms with E-state index in [0.29, 0.717) is 0 Å². The van der Waals surface area contributed by atoms with Crippen molar-refractivity contribution in [1.29, 1.82) is 0 Å². The van der Waals surface area contributed by atoms with Crippen LogP contribution in [-0.2, 0) is 0 Å². The van der Waals surface area contributed by atoms with Gasteiger partial charge in [-0.3, -0.25) is 4.98 Å². The van der Waals surface area contributed by atoms with Gasteiger partial charge < -0.3 is 10.3 Å². The summed E-state index contributed by atoms with van der Waals surface area (Å²) in [5.41, 5.74) is 5.78. The number of rotatable bonds is 4. The van der Waals surface area contributed by atoms with Gasteiger partial charge >= 0.3 is 0 Å². The molecular formula is C21H18BrN3. The molecule has 2 heterocycles. The number of pyridine rings is 1. The van der Waals surface area contributed by atoms with Gasteiger partial charge in [0.2, 0.25) is 0 Å². The minimum absolute atomic E-state index is 0.0195. The van der Waals surface area contributed by atoms with E-state index in [1.54, 1.807) is 0 Å². The smallest absolute Gasteiger partial charge is 0.0805 e. The summed E-state index contributed by atoms with van der Waals surface area (Å²) in [6.07, 6.45) is 3.74. The van der Waals surface area contributed by atoms with Gasteiger partial charge in [-0.25, -0.2) is 0 Å². The van der Waals surface area contributed by atoms with E-state index >= 15 is 0 Å². The number of anilines is 1. The molecule has 0 aliphatic rings. The minimum Gasteiger partial charge on any atom is -0.374 e. The Labute approximate surface area is 155 Å². The molecule has 25 heavy (non-hydrogen) atoms. The Morgan fingerprint density at radius 2 is 1.80 bits per heavy atom. The number of hydrogen-bond acceptors (Lipinski definition) is 2. The average molecular weight is 392 g/mol.